The Morgan fingerprint density at radius 3 is 3.19 bits per heavy atom. The first-order valence-corrected chi connectivity index (χ1v) is 7.92. The van der Waals surface area contributed by atoms with E-state index in [0.29, 0.717) is 19.6 Å². The molecule has 1 aromatic heterocycles. The van der Waals surface area contributed by atoms with Crippen molar-refractivity contribution in [2.45, 2.75) is 44.2 Å². The van der Waals surface area contributed by atoms with Crippen LogP contribution in [0.25, 0.3) is 0 Å². The lowest BCUT2D eigenvalue weighted by atomic mass is 10.2. The minimum atomic E-state index is 0.0980. The molecule has 2 aliphatic rings. The van der Waals surface area contributed by atoms with E-state index in [2.05, 4.69) is 26.5 Å². The zero-order chi connectivity index (χ0) is 14.5. The number of amides is 1. The first-order valence-electron chi connectivity index (χ1n) is 7.92. The van der Waals surface area contributed by atoms with Gasteiger partial charge in [0.05, 0.1) is 13.2 Å². The summed E-state index contributed by atoms with van der Waals surface area (Å²) in [5.74, 6) is 0.820. The smallest absolute Gasteiger partial charge is 0.221 e. The number of rotatable bonds is 7. The highest BCUT2D eigenvalue weighted by atomic mass is 16.5. The van der Waals surface area contributed by atoms with Gasteiger partial charge in [-0.15, -0.1) is 0 Å². The molecule has 0 bridgehead atoms. The van der Waals surface area contributed by atoms with Crippen LogP contribution in [0.3, 0.4) is 0 Å². The van der Waals surface area contributed by atoms with E-state index >= 15 is 0 Å². The van der Waals surface area contributed by atoms with Gasteiger partial charge >= 0.3 is 0 Å². The van der Waals surface area contributed by atoms with Crippen molar-refractivity contribution in [1.29, 1.82) is 0 Å². The van der Waals surface area contributed by atoms with Crippen molar-refractivity contribution in [1.82, 2.24) is 20.4 Å². The van der Waals surface area contributed by atoms with Gasteiger partial charge < -0.3 is 15.4 Å². The molecule has 1 aromatic rings. The van der Waals surface area contributed by atoms with Crippen molar-refractivity contribution >= 4 is 5.91 Å². The molecule has 1 amide bonds. The molecule has 6 heteroatoms. The second-order valence-corrected chi connectivity index (χ2v) is 5.89. The number of nitrogens with zero attached hydrogens (tertiary/aromatic N) is 2. The molecule has 0 unspecified atom stereocenters. The third kappa shape index (κ3) is 4.28. The van der Waals surface area contributed by atoms with E-state index in [1.54, 1.807) is 0 Å². The predicted octanol–water partition coefficient (Wildman–Crippen LogP) is 0.645. The number of carbonyl (C=O) groups excluding carboxylic acids is 1. The van der Waals surface area contributed by atoms with Gasteiger partial charge in [0.15, 0.2) is 0 Å². The molecule has 1 saturated carbocycles. The van der Waals surface area contributed by atoms with E-state index in [-0.39, 0.29) is 11.9 Å². The van der Waals surface area contributed by atoms with Crippen LogP contribution in [0.4, 0.5) is 0 Å². The zero-order valence-corrected chi connectivity index (χ0v) is 12.4. The molecular formula is C15H24N4O2. The Kier molecular flexibility index (Phi) is 4.87. The van der Waals surface area contributed by atoms with Gasteiger partial charge in [-0.1, -0.05) is 0 Å². The molecule has 1 atom stereocenters. The maximum absolute atomic E-state index is 11.8. The number of nitrogens with one attached hydrogen (secondary N) is 2. The van der Waals surface area contributed by atoms with E-state index in [1.165, 1.54) is 18.5 Å². The van der Waals surface area contributed by atoms with Gasteiger partial charge in [-0.05, 0) is 25.3 Å². The summed E-state index contributed by atoms with van der Waals surface area (Å²) in [4.78, 5) is 11.8. The van der Waals surface area contributed by atoms with Gasteiger partial charge in [0.2, 0.25) is 5.91 Å². The fraction of sp³-hybridized carbons (Fsp3) is 0.733. The van der Waals surface area contributed by atoms with E-state index in [0.717, 1.165) is 32.0 Å². The third-order valence-corrected chi connectivity index (χ3v) is 4.04. The van der Waals surface area contributed by atoms with Crippen LogP contribution in [-0.2, 0) is 16.1 Å². The molecule has 0 aromatic carbocycles. The van der Waals surface area contributed by atoms with Crippen LogP contribution in [0.15, 0.2) is 12.3 Å². The summed E-state index contributed by atoms with van der Waals surface area (Å²) >= 11 is 0. The summed E-state index contributed by atoms with van der Waals surface area (Å²) in [6.07, 6.45) is 5.87. The molecule has 2 N–H and O–H groups in total. The molecule has 21 heavy (non-hydrogen) atoms. The van der Waals surface area contributed by atoms with Crippen LogP contribution in [0.5, 0.6) is 0 Å². The summed E-state index contributed by atoms with van der Waals surface area (Å²) in [6, 6.07) is 2.27. The predicted molar refractivity (Wildman–Crippen MR) is 79.1 cm³/mol. The van der Waals surface area contributed by atoms with Gasteiger partial charge in [-0.2, -0.15) is 5.10 Å². The molecular weight excluding hydrogens is 268 g/mol. The molecule has 6 nitrogen and oxygen atoms in total. The number of hydrogen-bond acceptors (Lipinski definition) is 4. The van der Waals surface area contributed by atoms with Crippen molar-refractivity contribution in [3.05, 3.63) is 18.0 Å². The topological polar surface area (TPSA) is 68.2 Å². The van der Waals surface area contributed by atoms with E-state index in [4.69, 9.17) is 4.74 Å². The quantitative estimate of drug-likeness (QED) is 0.724. The number of carbonyl (C=O) groups is 1. The molecule has 2 fully saturated rings. The fourth-order valence-corrected chi connectivity index (χ4v) is 2.76. The van der Waals surface area contributed by atoms with Gasteiger partial charge in [0, 0.05) is 49.9 Å². The molecule has 1 aliphatic heterocycles. The van der Waals surface area contributed by atoms with E-state index < -0.39 is 0 Å². The normalized spacial score (nSPS) is 22.2. The van der Waals surface area contributed by atoms with Crippen molar-refractivity contribution in [2.75, 3.05) is 26.3 Å². The van der Waals surface area contributed by atoms with Gasteiger partial charge in [-0.3, -0.25) is 9.48 Å². The molecule has 1 saturated heterocycles. The highest BCUT2D eigenvalue weighted by Gasteiger charge is 2.26. The highest BCUT2D eigenvalue weighted by Crippen LogP contribution is 2.39. The maximum Gasteiger partial charge on any atom is 0.221 e. The van der Waals surface area contributed by atoms with E-state index in [9.17, 15) is 4.79 Å². The summed E-state index contributed by atoms with van der Waals surface area (Å²) in [6.45, 7) is 3.79. The highest BCUT2D eigenvalue weighted by molar-refractivity contribution is 5.76. The molecule has 2 heterocycles. The average Bonchev–Trinajstić information content (AvgIpc) is 3.24. The van der Waals surface area contributed by atoms with Gasteiger partial charge in [0.25, 0.3) is 0 Å². The minimum absolute atomic E-state index is 0.0980. The SMILES string of the molecule is O=C(C[C@@H]1COCCN1)NCCCn1nccc1C1CC1. The van der Waals surface area contributed by atoms with Crippen molar-refractivity contribution in [3.63, 3.8) is 0 Å². The van der Waals surface area contributed by atoms with Gasteiger partial charge in [0.1, 0.15) is 0 Å². The Balaban J connectivity index is 1.32. The summed E-state index contributed by atoms with van der Waals surface area (Å²) in [7, 11) is 0. The first-order chi connectivity index (χ1) is 10.3. The Morgan fingerprint density at radius 2 is 2.43 bits per heavy atom. The lowest BCUT2D eigenvalue weighted by molar-refractivity contribution is -0.122. The molecule has 0 radical (unpaired) electrons. The zero-order valence-electron chi connectivity index (χ0n) is 12.4. The largest absolute Gasteiger partial charge is 0.378 e. The Bertz CT molecular complexity index is 464. The van der Waals surface area contributed by atoms with Crippen LogP contribution in [-0.4, -0.2) is 48.0 Å². The number of aromatic nitrogens is 2. The number of morpholine rings is 1. The standard InChI is InChI=1S/C15H24N4O2/c20-15(10-13-11-21-9-7-16-13)17-5-1-8-19-14(4-6-18-19)12-2-3-12/h4,6,12-13,16H,1-3,5,7-11H2,(H,17,20)/t13-/m1/s1. The second-order valence-electron chi connectivity index (χ2n) is 5.89. The van der Waals surface area contributed by atoms with Crippen LogP contribution in [0, 0.1) is 0 Å². The molecule has 1 aliphatic carbocycles. The Labute approximate surface area is 125 Å². The summed E-state index contributed by atoms with van der Waals surface area (Å²) in [5.41, 5.74) is 1.35. The first kappa shape index (κ1) is 14.5. The Morgan fingerprint density at radius 1 is 1.52 bits per heavy atom. The molecule has 0 spiro atoms. The molecule has 116 valence electrons. The Hall–Kier alpha value is -1.40. The van der Waals surface area contributed by atoms with Gasteiger partial charge in [-0.25, -0.2) is 0 Å². The van der Waals surface area contributed by atoms with Crippen molar-refractivity contribution in [3.8, 4) is 0 Å². The number of ether oxygens (including phenoxy) is 1. The number of aryl methyl sites for hydroxylation is 1. The molecule has 3 rings (SSSR count). The van der Waals surface area contributed by atoms with Crippen LogP contribution < -0.4 is 10.6 Å². The van der Waals surface area contributed by atoms with Crippen molar-refractivity contribution < 1.29 is 9.53 Å². The summed E-state index contributed by atoms with van der Waals surface area (Å²) in [5, 5.41) is 10.6. The van der Waals surface area contributed by atoms with E-state index in [1.807, 2.05) is 6.20 Å². The lowest BCUT2D eigenvalue weighted by Crippen LogP contribution is -2.44. The second kappa shape index (κ2) is 7.04. The van der Waals surface area contributed by atoms with Crippen LogP contribution in [0.1, 0.15) is 37.3 Å². The fourth-order valence-electron chi connectivity index (χ4n) is 2.76. The third-order valence-electron chi connectivity index (χ3n) is 4.04. The summed E-state index contributed by atoms with van der Waals surface area (Å²) < 4.78 is 7.43. The minimum Gasteiger partial charge on any atom is -0.378 e. The average molecular weight is 292 g/mol. The maximum atomic E-state index is 11.8. The lowest BCUT2D eigenvalue weighted by Gasteiger charge is -2.23. The van der Waals surface area contributed by atoms with Crippen LogP contribution >= 0.6 is 0 Å². The monoisotopic (exact) mass is 292 g/mol. The number of hydrogen-bond donors (Lipinski definition) is 2. The van der Waals surface area contributed by atoms with Crippen LogP contribution in [0.2, 0.25) is 0 Å². The van der Waals surface area contributed by atoms with Crippen molar-refractivity contribution in [2.24, 2.45) is 0 Å².